The molecule has 2 aliphatic carbocycles. The molecule has 2 heteroatoms. The summed E-state index contributed by atoms with van der Waals surface area (Å²) in [6, 6.07) is 0. The van der Waals surface area contributed by atoms with Gasteiger partial charge < -0.3 is 4.74 Å². The van der Waals surface area contributed by atoms with Crippen molar-refractivity contribution in [1.82, 2.24) is 0 Å². The van der Waals surface area contributed by atoms with Crippen LogP contribution in [0.25, 0.3) is 0 Å². The van der Waals surface area contributed by atoms with Crippen molar-refractivity contribution in [2.24, 2.45) is 17.3 Å². The van der Waals surface area contributed by atoms with Crippen LogP contribution in [-0.2, 0) is 9.53 Å². The Balaban J connectivity index is 1.79. The van der Waals surface area contributed by atoms with E-state index in [2.05, 4.69) is 6.92 Å². The fourth-order valence-electron chi connectivity index (χ4n) is 3.90. The van der Waals surface area contributed by atoms with Crippen LogP contribution in [0, 0.1) is 17.3 Å². The van der Waals surface area contributed by atoms with Crippen LogP contribution in [0.5, 0.6) is 0 Å². The van der Waals surface area contributed by atoms with Crippen LogP contribution in [0.3, 0.4) is 0 Å². The lowest BCUT2D eigenvalue weighted by Gasteiger charge is -2.34. The number of carbonyl (C=O) groups excluding carboxylic acids is 1. The molecular formula is C14H24O2. The molecule has 0 saturated heterocycles. The lowest BCUT2D eigenvalue weighted by molar-refractivity contribution is -0.146. The summed E-state index contributed by atoms with van der Waals surface area (Å²) >= 11 is 0. The van der Waals surface area contributed by atoms with E-state index < -0.39 is 0 Å². The van der Waals surface area contributed by atoms with Crippen LogP contribution in [0.1, 0.15) is 59.3 Å². The molecule has 0 aromatic carbocycles. The van der Waals surface area contributed by atoms with Gasteiger partial charge in [-0.3, -0.25) is 4.79 Å². The lowest BCUT2D eigenvalue weighted by atomic mass is 9.71. The number of ether oxygens (including phenoxy) is 1. The molecule has 2 fully saturated rings. The summed E-state index contributed by atoms with van der Waals surface area (Å²) < 4.78 is 5.20. The molecule has 0 aromatic heterocycles. The Kier molecular flexibility index (Phi) is 3.27. The van der Waals surface area contributed by atoms with Gasteiger partial charge in [0.1, 0.15) is 0 Å². The van der Waals surface area contributed by atoms with E-state index in [1.165, 1.54) is 39.0 Å². The Morgan fingerprint density at radius 3 is 2.75 bits per heavy atom. The van der Waals surface area contributed by atoms with Crippen LogP contribution in [0.4, 0.5) is 0 Å². The standard InChI is InChI=1S/C14H24O2/c1-10(16-11(2)15)6-7-14(3)9-12-4-5-13(14)8-12/h10,12-13H,4-9H2,1-3H3. The molecule has 2 saturated carbocycles. The number of carbonyl (C=O) groups is 1. The minimum Gasteiger partial charge on any atom is -0.463 e. The van der Waals surface area contributed by atoms with Crippen LogP contribution in [0.15, 0.2) is 0 Å². The van der Waals surface area contributed by atoms with Gasteiger partial charge in [0.05, 0.1) is 6.10 Å². The largest absolute Gasteiger partial charge is 0.463 e. The normalized spacial score (nSPS) is 38.7. The summed E-state index contributed by atoms with van der Waals surface area (Å²) in [6.07, 6.45) is 8.10. The first-order chi connectivity index (χ1) is 7.49. The van der Waals surface area contributed by atoms with Crippen molar-refractivity contribution >= 4 is 5.97 Å². The minimum absolute atomic E-state index is 0.0912. The SMILES string of the molecule is CC(=O)OC(C)CCC1(C)CC2CCC1C2. The second-order valence-electron chi connectivity index (χ2n) is 6.19. The Morgan fingerprint density at radius 2 is 2.25 bits per heavy atom. The zero-order valence-electron chi connectivity index (χ0n) is 10.8. The third-order valence-corrected chi connectivity index (χ3v) is 4.77. The third-order valence-electron chi connectivity index (χ3n) is 4.77. The maximum absolute atomic E-state index is 10.8. The third kappa shape index (κ3) is 2.41. The van der Waals surface area contributed by atoms with Crippen molar-refractivity contribution in [2.75, 3.05) is 0 Å². The van der Waals surface area contributed by atoms with E-state index in [0.29, 0.717) is 5.41 Å². The molecule has 0 aliphatic heterocycles. The van der Waals surface area contributed by atoms with Gasteiger partial charge in [0.2, 0.25) is 0 Å². The molecule has 0 aromatic rings. The van der Waals surface area contributed by atoms with Crippen LogP contribution in [-0.4, -0.2) is 12.1 Å². The van der Waals surface area contributed by atoms with Gasteiger partial charge in [0.15, 0.2) is 0 Å². The van der Waals surface area contributed by atoms with E-state index in [9.17, 15) is 4.79 Å². The van der Waals surface area contributed by atoms with Crippen LogP contribution in [0.2, 0.25) is 0 Å². The summed E-state index contributed by atoms with van der Waals surface area (Å²) in [5.41, 5.74) is 0.539. The fourth-order valence-corrected chi connectivity index (χ4v) is 3.90. The van der Waals surface area contributed by atoms with Crippen molar-refractivity contribution in [2.45, 2.75) is 65.4 Å². The van der Waals surface area contributed by atoms with Gasteiger partial charge in [-0.1, -0.05) is 13.3 Å². The highest BCUT2D eigenvalue weighted by Gasteiger charge is 2.47. The van der Waals surface area contributed by atoms with E-state index >= 15 is 0 Å². The first-order valence-electron chi connectivity index (χ1n) is 6.67. The summed E-state index contributed by atoms with van der Waals surface area (Å²) in [7, 11) is 0. The number of rotatable bonds is 4. The van der Waals surface area contributed by atoms with E-state index in [-0.39, 0.29) is 12.1 Å². The quantitative estimate of drug-likeness (QED) is 0.683. The Hall–Kier alpha value is -0.530. The van der Waals surface area contributed by atoms with Gasteiger partial charge in [0, 0.05) is 6.92 Å². The van der Waals surface area contributed by atoms with Gasteiger partial charge in [-0.25, -0.2) is 0 Å². The number of hydrogen-bond donors (Lipinski definition) is 0. The van der Waals surface area contributed by atoms with E-state index in [1.807, 2.05) is 6.92 Å². The molecule has 16 heavy (non-hydrogen) atoms. The van der Waals surface area contributed by atoms with Crippen molar-refractivity contribution in [1.29, 1.82) is 0 Å². The molecule has 0 N–H and O–H groups in total. The van der Waals surface area contributed by atoms with Crippen molar-refractivity contribution in [3.05, 3.63) is 0 Å². The summed E-state index contributed by atoms with van der Waals surface area (Å²) in [6.45, 7) is 5.95. The Labute approximate surface area is 98.7 Å². The predicted molar refractivity (Wildman–Crippen MR) is 64.0 cm³/mol. The molecule has 0 spiro atoms. The molecule has 2 aliphatic rings. The van der Waals surface area contributed by atoms with E-state index in [1.54, 1.807) is 0 Å². The van der Waals surface area contributed by atoms with Crippen LogP contribution >= 0.6 is 0 Å². The van der Waals surface area contributed by atoms with Crippen molar-refractivity contribution < 1.29 is 9.53 Å². The molecule has 2 nitrogen and oxygen atoms in total. The predicted octanol–water partition coefficient (Wildman–Crippen LogP) is 3.54. The van der Waals surface area contributed by atoms with Gasteiger partial charge in [-0.15, -0.1) is 0 Å². The molecular weight excluding hydrogens is 200 g/mol. The molecule has 4 atom stereocenters. The highest BCUT2D eigenvalue weighted by atomic mass is 16.5. The molecule has 2 bridgehead atoms. The summed E-state index contributed by atoms with van der Waals surface area (Å²) in [5, 5.41) is 0. The first kappa shape index (κ1) is 11.9. The molecule has 0 radical (unpaired) electrons. The highest BCUT2D eigenvalue weighted by Crippen LogP contribution is 2.57. The van der Waals surface area contributed by atoms with Gasteiger partial charge >= 0.3 is 5.97 Å². The van der Waals surface area contributed by atoms with Crippen molar-refractivity contribution in [3.8, 4) is 0 Å². The Morgan fingerprint density at radius 1 is 1.50 bits per heavy atom. The second-order valence-corrected chi connectivity index (χ2v) is 6.19. The monoisotopic (exact) mass is 224 g/mol. The van der Waals surface area contributed by atoms with E-state index in [0.717, 1.165) is 18.3 Å². The molecule has 92 valence electrons. The number of hydrogen-bond acceptors (Lipinski definition) is 2. The average molecular weight is 224 g/mol. The minimum atomic E-state index is -0.148. The lowest BCUT2D eigenvalue weighted by Crippen LogP contribution is -2.26. The average Bonchev–Trinajstić information content (AvgIpc) is 2.73. The Bertz CT molecular complexity index is 274. The molecule has 0 amide bonds. The molecule has 2 rings (SSSR count). The van der Waals surface area contributed by atoms with Gasteiger partial charge in [-0.05, 0) is 56.3 Å². The maximum atomic E-state index is 10.8. The van der Waals surface area contributed by atoms with Gasteiger partial charge in [-0.2, -0.15) is 0 Å². The fraction of sp³-hybridized carbons (Fsp3) is 0.929. The highest BCUT2D eigenvalue weighted by molar-refractivity contribution is 5.66. The topological polar surface area (TPSA) is 26.3 Å². The molecule has 0 heterocycles. The number of esters is 1. The van der Waals surface area contributed by atoms with Gasteiger partial charge in [0.25, 0.3) is 0 Å². The smallest absolute Gasteiger partial charge is 0.302 e. The van der Waals surface area contributed by atoms with E-state index in [4.69, 9.17) is 4.74 Å². The first-order valence-corrected chi connectivity index (χ1v) is 6.67. The zero-order chi connectivity index (χ0) is 11.8. The van der Waals surface area contributed by atoms with Crippen molar-refractivity contribution in [3.63, 3.8) is 0 Å². The number of fused-ring (bicyclic) bond motifs is 2. The zero-order valence-corrected chi connectivity index (χ0v) is 10.8. The van der Waals surface area contributed by atoms with Crippen LogP contribution < -0.4 is 0 Å². The summed E-state index contributed by atoms with van der Waals surface area (Å²) in [4.78, 5) is 10.8. The second kappa shape index (κ2) is 4.38. The summed E-state index contributed by atoms with van der Waals surface area (Å²) in [5.74, 6) is 1.80. The molecule has 4 unspecified atom stereocenters. The maximum Gasteiger partial charge on any atom is 0.302 e.